The van der Waals surface area contributed by atoms with E-state index in [1.54, 1.807) is 0 Å². The van der Waals surface area contributed by atoms with Crippen molar-refractivity contribution in [2.24, 2.45) is 5.73 Å². The Hall–Kier alpha value is -0.120. The summed E-state index contributed by atoms with van der Waals surface area (Å²) in [6.07, 6.45) is 7.35. The molecule has 0 spiro atoms. The Morgan fingerprint density at radius 1 is 1.14 bits per heavy atom. The minimum Gasteiger partial charge on any atom is -0.396 e. The quantitative estimate of drug-likeness (QED) is 0.574. The summed E-state index contributed by atoms with van der Waals surface area (Å²) in [6.45, 7) is 3.35. The molecule has 0 aromatic heterocycles. The lowest BCUT2D eigenvalue weighted by Crippen LogP contribution is -2.41. The summed E-state index contributed by atoms with van der Waals surface area (Å²) in [5.41, 5.74) is 5.48. The van der Waals surface area contributed by atoms with Crippen LogP contribution in [0.2, 0.25) is 0 Å². The summed E-state index contributed by atoms with van der Waals surface area (Å²) in [5, 5.41) is 8.81. The van der Waals surface area contributed by atoms with Crippen molar-refractivity contribution in [1.29, 1.82) is 0 Å². The molecule has 1 aliphatic carbocycles. The molecule has 0 amide bonds. The van der Waals surface area contributed by atoms with Crippen LogP contribution in [0, 0.1) is 0 Å². The highest BCUT2D eigenvalue weighted by Crippen LogP contribution is 2.25. The molecule has 3 heteroatoms. The molecule has 0 atom stereocenters. The Balaban J connectivity index is 2.14. The van der Waals surface area contributed by atoms with Crippen LogP contribution in [0.5, 0.6) is 0 Å². The van der Waals surface area contributed by atoms with Crippen LogP contribution in [0.25, 0.3) is 0 Å². The monoisotopic (exact) mass is 200 g/mol. The summed E-state index contributed by atoms with van der Waals surface area (Å²) in [7, 11) is 0. The van der Waals surface area contributed by atoms with E-state index in [-0.39, 0.29) is 0 Å². The summed E-state index contributed by atoms with van der Waals surface area (Å²) >= 11 is 0. The molecule has 1 aliphatic rings. The van der Waals surface area contributed by atoms with Gasteiger partial charge in [0.2, 0.25) is 0 Å². The second-order valence-electron chi connectivity index (χ2n) is 4.19. The van der Waals surface area contributed by atoms with Gasteiger partial charge in [-0.1, -0.05) is 6.42 Å². The Labute approximate surface area is 87.3 Å². The van der Waals surface area contributed by atoms with Gasteiger partial charge in [0.1, 0.15) is 0 Å². The Bertz CT molecular complexity index is 137. The Morgan fingerprint density at radius 3 is 2.36 bits per heavy atom. The fraction of sp³-hybridized carbons (Fsp3) is 1.00. The molecule has 1 fully saturated rings. The molecule has 3 N–H and O–H groups in total. The highest BCUT2D eigenvalue weighted by Gasteiger charge is 2.23. The molecule has 3 nitrogen and oxygen atoms in total. The van der Waals surface area contributed by atoms with Gasteiger partial charge in [0.15, 0.2) is 0 Å². The maximum Gasteiger partial charge on any atom is 0.0443 e. The second-order valence-corrected chi connectivity index (χ2v) is 4.19. The molecule has 0 aromatic rings. The first-order chi connectivity index (χ1) is 6.88. The van der Waals surface area contributed by atoms with Crippen molar-refractivity contribution in [2.45, 2.75) is 44.6 Å². The predicted molar refractivity (Wildman–Crippen MR) is 59.2 cm³/mol. The highest BCUT2D eigenvalue weighted by molar-refractivity contribution is 4.79. The lowest BCUT2D eigenvalue weighted by atomic mass is 9.91. The average Bonchev–Trinajstić information content (AvgIpc) is 2.11. The van der Waals surface area contributed by atoms with Crippen molar-refractivity contribution >= 4 is 0 Å². The van der Waals surface area contributed by atoms with Gasteiger partial charge >= 0.3 is 0 Å². The molecule has 0 heterocycles. The van der Waals surface area contributed by atoms with E-state index in [0.717, 1.165) is 32.0 Å². The molecule has 0 saturated heterocycles. The van der Waals surface area contributed by atoms with E-state index in [1.165, 1.54) is 32.2 Å². The first kappa shape index (κ1) is 12.0. The lowest BCUT2D eigenvalue weighted by Gasteiger charge is -2.37. The summed E-state index contributed by atoms with van der Waals surface area (Å²) in [6, 6.07) is 0.805. The van der Waals surface area contributed by atoms with Gasteiger partial charge < -0.3 is 15.7 Å². The number of hydrogen-bond donors (Lipinski definition) is 2. The van der Waals surface area contributed by atoms with Gasteiger partial charge in [-0.15, -0.1) is 0 Å². The standard InChI is InChI=1S/C11H24N2O/c12-7-1-2-8-13(9-4-10-14)11-5-3-6-11/h11,14H,1-10,12H2. The normalized spacial score (nSPS) is 17.4. The predicted octanol–water partition coefficient (Wildman–Crippen LogP) is 0.962. The van der Waals surface area contributed by atoms with E-state index < -0.39 is 0 Å². The largest absolute Gasteiger partial charge is 0.396 e. The van der Waals surface area contributed by atoms with Crippen LogP contribution in [0.4, 0.5) is 0 Å². The van der Waals surface area contributed by atoms with Gasteiger partial charge in [0.05, 0.1) is 0 Å². The van der Waals surface area contributed by atoms with E-state index in [2.05, 4.69) is 4.90 Å². The number of rotatable bonds is 8. The van der Waals surface area contributed by atoms with Gasteiger partial charge in [0, 0.05) is 19.2 Å². The number of aliphatic hydroxyl groups excluding tert-OH is 1. The number of nitrogens with zero attached hydrogens (tertiary/aromatic N) is 1. The molecule has 84 valence electrons. The number of hydrogen-bond acceptors (Lipinski definition) is 3. The molecule has 0 aromatic carbocycles. The van der Waals surface area contributed by atoms with Crippen LogP contribution in [0.1, 0.15) is 38.5 Å². The SMILES string of the molecule is NCCCCN(CCCO)C1CCC1. The first-order valence-corrected chi connectivity index (χ1v) is 5.93. The molecule has 1 saturated carbocycles. The molecule has 1 rings (SSSR count). The van der Waals surface area contributed by atoms with E-state index in [4.69, 9.17) is 10.8 Å². The van der Waals surface area contributed by atoms with Gasteiger partial charge in [-0.05, 0) is 45.2 Å². The minimum absolute atomic E-state index is 0.320. The topological polar surface area (TPSA) is 49.5 Å². The average molecular weight is 200 g/mol. The van der Waals surface area contributed by atoms with Crippen molar-refractivity contribution in [3.05, 3.63) is 0 Å². The molecule has 0 unspecified atom stereocenters. The first-order valence-electron chi connectivity index (χ1n) is 5.93. The van der Waals surface area contributed by atoms with Crippen LogP contribution >= 0.6 is 0 Å². The maximum atomic E-state index is 8.81. The van der Waals surface area contributed by atoms with Crippen LogP contribution < -0.4 is 5.73 Å². The van der Waals surface area contributed by atoms with Crippen molar-refractivity contribution in [3.8, 4) is 0 Å². The molecule has 0 radical (unpaired) electrons. The Morgan fingerprint density at radius 2 is 1.86 bits per heavy atom. The second kappa shape index (κ2) is 7.21. The van der Waals surface area contributed by atoms with Gasteiger partial charge in [-0.25, -0.2) is 0 Å². The smallest absolute Gasteiger partial charge is 0.0443 e. The van der Waals surface area contributed by atoms with Crippen LogP contribution in [0.15, 0.2) is 0 Å². The van der Waals surface area contributed by atoms with E-state index in [1.807, 2.05) is 0 Å². The number of nitrogens with two attached hydrogens (primary N) is 1. The van der Waals surface area contributed by atoms with E-state index >= 15 is 0 Å². The van der Waals surface area contributed by atoms with Crippen molar-refractivity contribution in [1.82, 2.24) is 4.90 Å². The number of unbranched alkanes of at least 4 members (excludes halogenated alkanes) is 1. The Kier molecular flexibility index (Phi) is 6.15. The fourth-order valence-corrected chi connectivity index (χ4v) is 1.96. The summed E-state index contributed by atoms with van der Waals surface area (Å²) in [4.78, 5) is 2.54. The van der Waals surface area contributed by atoms with Crippen molar-refractivity contribution < 1.29 is 5.11 Å². The molecule has 0 aliphatic heterocycles. The third-order valence-electron chi connectivity index (χ3n) is 3.09. The van der Waals surface area contributed by atoms with Gasteiger partial charge in [-0.2, -0.15) is 0 Å². The molecule has 14 heavy (non-hydrogen) atoms. The number of aliphatic hydroxyl groups is 1. The zero-order valence-corrected chi connectivity index (χ0v) is 9.12. The fourth-order valence-electron chi connectivity index (χ4n) is 1.96. The zero-order chi connectivity index (χ0) is 10.2. The summed E-state index contributed by atoms with van der Waals surface area (Å²) in [5.74, 6) is 0. The highest BCUT2D eigenvalue weighted by atomic mass is 16.3. The maximum absolute atomic E-state index is 8.81. The van der Waals surface area contributed by atoms with Crippen molar-refractivity contribution in [3.63, 3.8) is 0 Å². The van der Waals surface area contributed by atoms with Crippen LogP contribution in [-0.2, 0) is 0 Å². The van der Waals surface area contributed by atoms with Crippen molar-refractivity contribution in [2.75, 3.05) is 26.2 Å². The zero-order valence-electron chi connectivity index (χ0n) is 9.12. The van der Waals surface area contributed by atoms with Crippen LogP contribution in [-0.4, -0.2) is 42.3 Å². The lowest BCUT2D eigenvalue weighted by molar-refractivity contribution is 0.115. The third kappa shape index (κ3) is 3.95. The third-order valence-corrected chi connectivity index (χ3v) is 3.09. The van der Waals surface area contributed by atoms with E-state index in [9.17, 15) is 0 Å². The van der Waals surface area contributed by atoms with E-state index in [0.29, 0.717) is 6.61 Å². The molecular weight excluding hydrogens is 176 g/mol. The van der Waals surface area contributed by atoms with Crippen LogP contribution in [0.3, 0.4) is 0 Å². The molecular formula is C11H24N2O. The molecule has 0 bridgehead atoms. The van der Waals surface area contributed by atoms with Gasteiger partial charge in [-0.3, -0.25) is 0 Å². The minimum atomic E-state index is 0.320. The summed E-state index contributed by atoms with van der Waals surface area (Å²) < 4.78 is 0. The van der Waals surface area contributed by atoms with Gasteiger partial charge in [0.25, 0.3) is 0 Å².